The fourth-order valence-electron chi connectivity index (χ4n) is 3.73. The number of rotatable bonds is 1. The molecule has 0 saturated carbocycles. The van der Waals surface area contributed by atoms with E-state index in [1.165, 1.54) is 50.2 Å². The Hall–Kier alpha value is -0.877. The Bertz CT molecular complexity index is 932. The molecule has 3 heteroatoms. The maximum absolute atomic E-state index is 4.93. The number of fused-ring (bicyclic) bond motifs is 3. The normalized spacial score (nSPS) is 10.0. The molecule has 4 rings (SSSR count). The molecule has 0 spiro atoms. The molecule has 0 atom stereocenters. The van der Waals surface area contributed by atoms with Crippen LogP contribution in [-0.2, 0) is 27.3 Å². The van der Waals surface area contributed by atoms with E-state index in [1.807, 2.05) is 0 Å². The van der Waals surface area contributed by atoms with E-state index in [9.17, 15) is 0 Å². The summed E-state index contributed by atoms with van der Waals surface area (Å²) in [7, 11) is 9.87. The molecule has 0 heterocycles. The summed E-state index contributed by atoms with van der Waals surface area (Å²) >= 11 is -0.826. The zero-order valence-corrected chi connectivity index (χ0v) is 20.6. The quantitative estimate of drug-likeness (QED) is 0.242. The van der Waals surface area contributed by atoms with Crippen LogP contribution < -0.4 is 0 Å². The van der Waals surface area contributed by atoms with Crippen molar-refractivity contribution < 1.29 is 20.8 Å². The molecule has 140 valence electrons. The van der Waals surface area contributed by atoms with Gasteiger partial charge in [0.2, 0.25) is 0 Å². The van der Waals surface area contributed by atoms with Gasteiger partial charge in [0.1, 0.15) is 0 Å². The van der Waals surface area contributed by atoms with Crippen molar-refractivity contribution in [1.29, 1.82) is 0 Å². The molecule has 0 aliphatic carbocycles. The first-order chi connectivity index (χ1) is 13.0. The molecule has 4 aromatic carbocycles. The molecule has 0 bridgehead atoms. The van der Waals surface area contributed by atoms with Gasteiger partial charge in [0.25, 0.3) is 0 Å². The van der Waals surface area contributed by atoms with E-state index in [-0.39, 0.29) is 0 Å². The van der Waals surface area contributed by atoms with Gasteiger partial charge in [-0.3, -0.25) is 0 Å². The van der Waals surface area contributed by atoms with Crippen molar-refractivity contribution in [2.24, 2.45) is 0 Å². The van der Waals surface area contributed by atoms with E-state index in [1.54, 1.807) is 5.56 Å². The third-order valence-electron chi connectivity index (χ3n) is 5.47. The summed E-state index contributed by atoms with van der Waals surface area (Å²) in [6, 6.07) is 19.3. The van der Waals surface area contributed by atoms with Gasteiger partial charge in [0.05, 0.1) is 0 Å². The van der Waals surface area contributed by atoms with E-state index in [0.717, 1.165) is 0 Å². The van der Waals surface area contributed by atoms with Gasteiger partial charge in [0, 0.05) is 0 Å². The molecule has 0 aliphatic rings. The van der Waals surface area contributed by atoms with Crippen LogP contribution in [0.15, 0.2) is 54.6 Å². The smallest absolute Gasteiger partial charge is 0.0771 e. The molecule has 0 amide bonds. The average Bonchev–Trinajstić information content (AvgIpc) is 3.14. The van der Waals surface area contributed by atoms with Gasteiger partial charge in [0.15, 0.2) is 0 Å². The molecule has 27 heavy (non-hydrogen) atoms. The summed E-state index contributed by atoms with van der Waals surface area (Å²) < 4.78 is 0. The minimum absolute atomic E-state index is 0.826. The standard InChI is InChI=1S/C13H9.C11H17.2ClH.Zr/c1-3-7-12-10(5-1)9-11-6-2-4-8-13(11)12;1-6-11-9(4)7(2)8(3)10(11)5;;;/h1-9H;6H2,1-5H3;2*1H;/q2*-1;;;+4/p-2. The maximum Gasteiger partial charge on any atom is -0.0771 e. The van der Waals surface area contributed by atoms with E-state index >= 15 is 0 Å². The Morgan fingerprint density at radius 3 is 1.48 bits per heavy atom. The van der Waals surface area contributed by atoms with Gasteiger partial charge >= 0.3 is 37.9 Å². The largest absolute Gasteiger partial charge is 0.126 e. The van der Waals surface area contributed by atoms with Crippen molar-refractivity contribution in [2.75, 3.05) is 0 Å². The van der Waals surface area contributed by atoms with Gasteiger partial charge in [-0.1, -0.05) is 77.4 Å². The Morgan fingerprint density at radius 2 is 1.15 bits per heavy atom. The van der Waals surface area contributed by atoms with Crippen molar-refractivity contribution >= 4 is 38.6 Å². The summed E-state index contributed by atoms with van der Waals surface area (Å²) in [5.41, 5.74) is 7.53. The predicted octanol–water partition coefficient (Wildman–Crippen LogP) is 8.29. The van der Waals surface area contributed by atoms with E-state index < -0.39 is 20.8 Å². The van der Waals surface area contributed by atoms with Gasteiger partial charge in [-0.25, -0.2) is 0 Å². The Kier molecular flexibility index (Phi) is 8.81. The van der Waals surface area contributed by atoms with E-state index in [4.69, 9.17) is 17.0 Å². The number of halogens is 2. The van der Waals surface area contributed by atoms with Crippen molar-refractivity contribution in [3.05, 3.63) is 82.4 Å². The first-order valence-electron chi connectivity index (χ1n) is 9.17. The van der Waals surface area contributed by atoms with Crippen LogP contribution in [0.1, 0.15) is 34.7 Å². The SMILES string of the molecule is CC[c-]1c(C)c(C)c(C)c1C.[Cl][Zr+2][Cl].c1ccc2c(c1)[cH-]c1ccccc12. The summed E-state index contributed by atoms with van der Waals surface area (Å²) in [6.45, 7) is 11.1. The molecule has 4 aromatic rings. The Morgan fingerprint density at radius 1 is 0.778 bits per heavy atom. The fraction of sp³-hybridized carbons (Fsp3) is 0.250. The number of benzene rings is 2. The maximum atomic E-state index is 4.93. The zero-order chi connectivity index (χ0) is 20.0. The molecule has 0 nitrogen and oxygen atoms in total. The second-order valence-electron chi connectivity index (χ2n) is 6.72. The predicted molar refractivity (Wildman–Crippen MR) is 119 cm³/mol. The molecular formula is C24H26Cl2Zr. The van der Waals surface area contributed by atoms with Crippen molar-refractivity contribution in [3.63, 3.8) is 0 Å². The van der Waals surface area contributed by atoms with Gasteiger partial charge in [-0.2, -0.15) is 27.8 Å². The van der Waals surface area contributed by atoms with Crippen LogP contribution in [-0.4, -0.2) is 0 Å². The topological polar surface area (TPSA) is 0 Å². The molecule has 0 aliphatic heterocycles. The molecule has 0 N–H and O–H groups in total. The van der Waals surface area contributed by atoms with Gasteiger partial charge in [-0.15, -0.1) is 39.7 Å². The molecule has 0 radical (unpaired) electrons. The molecule has 0 aromatic heterocycles. The minimum Gasteiger partial charge on any atom is -0.126 e. The summed E-state index contributed by atoms with van der Waals surface area (Å²) in [5.74, 6) is 0. The van der Waals surface area contributed by atoms with Crippen LogP contribution >= 0.6 is 17.0 Å². The zero-order valence-electron chi connectivity index (χ0n) is 16.7. The Balaban J connectivity index is 0.000000172. The second-order valence-corrected chi connectivity index (χ2v) is 10.5. The third kappa shape index (κ3) is 5.14. The first-order valence-corrected chi connectivity index (χ1v) is 15.5. The van der Waals surface area contributed by atoms with E-state index in [2.05, 4.69) is 89.2 Å². The van der Waals surface area contributed by atoms with Gasteiger partial charge < -0.3 is 0 Å². The van der Waals surface area contributed by atoms with Crippen molar-refractivity contribution in [3.8, 4) is 0 Å². The van der Waals surface area contributed by atoms with Crippen LogP contribution in [0, 0.1) is 27.7 Å². The second kappa shape index (κ2) is 10.6. The number of hydrogen-bond acceptors (Lipinski definition) is 0. The van der Waals surface area contributed by atoms with Crippen molar-refractivity contribution in [1.82, 2.24) is 0 Å². The van der Waals surface area contributed by atoms with Crippen LogP contribution in [0.3, 0.4) is 0 Å². The molecule has 0 unspecified atom stereocenters. The van der Waals surface area contributed by atoms with Gasteiger partial charge in [-0.05, 0) is 0 Å². The molecule has 0 saturated heterocycles. The van der Waals surface area contributed by atoms with Crippen LogP contribution in [0.25, 0.3) is 21.5 Å². The third-order valence-corrected chi connectivity index (χ3v) is 5.47. The van der Waals surface area contributed by atoms with Crippen LogP contribution in [0.2, 0.25) is 0 Å². The first kappa shape index (κ1) is 22.4. The van der Waals surface area contributed by atoms with E-state index in [0.29, 0.717) is 0 Å². The minimum atomic E-state index is -0.826. The average molecular weight is 477 g/mol. The fourth-order valence-corrected chi connectivity index (χ4v) is 3.73. The van der Waals surface area contributed by atoms with Crippen molar-refractivity contribution in [2.45, 2.75) is 41.0 Å². The monoisotopic (exact) mass is 474 g/mol. The van der Waals surface area contributed by atoms with Crippen LogP contribution in [0.4, 0.5) is 0 Å². The summed E-state index contributed by atoms with van der Waals surface area (Å²) in [6.07, 6.45) is 1.17. The molecule has 0 fully saturated rings. The Labute approximate surface area is 181 Å². The summed E-state index contributed by atoms with van der Waals surface area (Å²) in [4.78, 5) is 0. The molecular weight excluding hydrogens is 450 g/mol. The number of hydrogen-bond donors (Lipinski definition) is 0. The summed E-state index contributed by atoms with van der Waals surface area (Å²) in [5, 5.41) is 5.39. The van der Waals surface area contributed by atoms with Crippen LogP contribution in [0.5, 0.6) is 0 Å².